The third kappa shape index (κ3) is 3.89. The Labute approximate surface area is 65.0 Å². The highest BCUT2D eigenvalue weighted by atomic mass is 14.6. The second-order valence-electron chi connectivity index (χ2n) is 3.03. The maximum absolute atomic E-state index is 5.73. The molecule has 1 fully saturated rings. The van der Waals surface area contributed by atoms with E-state index in [1.54, 1.807) is 0 Å². The van der Waals surface area contributed by atoms with Crippen molar-refractivity contribution < 1.29 is 0 Å². The summed E-state index contributed by atoms with van der Waals surface area (Å²) in [5.74, 6) is 0.888. The minimum Gasteiger partial charge on any atom is -0.328 e. The van der Waals surface area contributed by atoms with Gasteiger partial charge in [-0.1, -0.05) is 33.6 Å². The van der Waals surface area contributed by atoms with Crippen LogP contribution in [0.1, 0.15) is 46.5 Å². The van der Waals surface area contributed by atoms with Gasteiger partial charge in [0.1, 0.15) is 0 Å². The molecule has 0 aromatic rings. The Morgan fingerprint density at radius 2 is 1.80 bits per heavy atom. The largest absolute Gasteiger partial charge is 0.328 e. The summed E-state index contributed by atoms with van der Waals surface area (Å²) < 4.78 is 0. The third-order valence-corrected chi connectivity index (χ3v) is 1.98. The number of rotatable bonds is 0. The predicted octanol–water partition coefficient (Wildman–Crippen LogP) is 2.55. The first-order valence-electron chi connectivity index (χ1n) is 4.54. The van der Waals surface area contributed by atoms with Crippen molar-refractivity contribution in [1.29, 1.82) is 0 Å². The monoisotopic (exact) mass is 143 g/mol. The summed E-state index contributed by atoms with van der Waals surface area (Å²) in [6.07, 6.45) is 5.25. The minimum absolute atomic E-state index is 0.513. The molecule has 0 aliphatic heterocycles. The van der Waals surface area contributed by atoms with Crippen LogP contribution in [0.25, 0.3) is 0 Å². The Morgan fingerprint density at radius 1 is 1.20 bits per heavy atom. The summed E-state index contributed by atoms with van der Waals surface area (Å²) in [5.41, 5.74) is 5.73. The van der Waals surface area contributed by atoms with E-state index in [0.29, 0.717) is 6.04 Å². The van der Waals surface area contributed by atoms with Crippen LogP contribution >= 0.6 is 0 Å². The lowest BCUT2D eigenvalue weighted by atomic mass is 9.88. The van der Waals surface area contributed by atoms with E-state index in [4.69, 9.17) is 5.73 Å². The molecule has 0 bridgehead atoms. The zero-order valence-corrected chi connectivity index (χ0v) is 7.56. The van der Waals surface area contributed by atoms with Gasteiger partial charge in [0.2, 0.25) is 0 Å². The quantitative estimate of drug-likeness (QED) is 0.554. The van der Waals surface area contributed by atoms with Gasteiger partial charge in [-0.05, 0) is 18.8 Å². The van der Waals surface area contributed by atoms with Gasteiger partial charge in [-0.15, -0.1) is 0 Å². The molecule has 62 valence electrons. The molecule has 2 N–H and O–H groups in total. The summed E-state index contributed by atoms with van der Waals surface area (Å²) in [6.45, 7) is 6.29. The fraction of sp³-hybridized carbons (Fsp3) is 1.00. The molecule has 1 aliphatic carbocycles. The molecule has 0 aromatic carbocycles. The van der Waals surface area contributed by atoms with Crippen molar-refractivity contribution in [3.05, 3.63) is 0 Å². The zero-order chi connectivity index (χ0) is 7.98. The fourth-order valence-electron chi connectivity index (χ4n) is 1.48. The maximum atomic E-state index is 5.73. The molecule has 0 amide bonds. The highest BCUT2D eigenvalue weighted by molar-refractivity contribution is 4.71. The molecule has 0 heterocycles. The smallest absolute Gasteiger partial charge is 0.00413 e. The SMILES string of the molecule is CC.CC1CCCC(N)C1. The first kappa shape index (κ1) is 9.96. The number of hydrogen-bond acceptors (Lipinski definition) is 1. The van der Waals surface area contributed by atoms with E-state index in [1.165, 1.54) is 25.7 Å². The Morgan fingerprint density at radius 3 is 2.10 bits per heavy atom. The first-order chi connectivity index (χ1) is 4.79. The molecule has 1 saturated carbocycles. The summed E-state index contributed by atoms with van der Waals surface area (Å²) in [6, 6.07) is 0.513. The molecule has 1 heteroatoms. The van der Waals surface area contributed by atoms with Gasteiger partial charge in [0, 0.05) is 6.04 Å². The Hall–Kier alpha value is -0.0400. The molecule has 10 heavy (non-hydrogen) atoms. The zero-order valence-electron chi connectivity index (χ0n) is 7.56. The molecule has 2 unspecified atom stereocenters. The van der Waals surface area contributed by atoms with Crippen molar-refractivity contribution in [3.8, 4) is 0 Å². The highest BCUT2D eigenvalue weighted by Gasteiger charge is 2.13. The topological polar surface area (TPSA) is 26.0 Å². The molecule has 0 saturated heterocycles. The average molecular weight is 143 g/mol. The predicted molar refractivity (Wildman–Crippen MR) is 47.0 cm³/mol. The van der Waals surface area contributed by atoms with Crippen LogP contribution in [0.3, 0.4) is 0 Å². The molecule has 1 rings (SSSR count). The maximum Gasteiger partial charge on any atom is 0.00413 e. The molecular weight excluding hydrogens is 122 g/mol. The Balaban J connectivity index is 0.000000371. The van der Waals surface area contributed by atoms with Crippen molar-refractivity contribution in [2.24, 2.45) is 11.7 Å². The van der Waals surface area contributed by atoms with Crippen LogP contribution in [0, 0.1) is 5.92 Å². The van der Waals surface area contributed by atoms with Gasteiger partial charge < -0.3 is 5.73 Å². The highest BCUT2D eigenvalue weighted by Crippen LogP contribution is 2.21. The molecule has 1 nitrogen and oxygen atoms in total. The van der Waals surface area contributed by atoms with Gasteiger partial charge in [-0.2, -0.15) is 0 Å². The van der Waals surface area contributed by atoms with Crippen molar-refractivity contribution >= 4 is 0 Å². The Kier molecular flexibility index (Phi) is 5.70. The lowest BCUT2D eigenvalue weighted by molar-refractivity contribution is 0.344. The molecule has 0 radical (unpaired) electrons. The summed E-state index contributed by atoms with van der Waals surface area (Å²) in [4.78, 5) is 0. The van der Waals surface area contributed by atoms with Crippen LogP contribution in [0.2, 0.25) is 0 Å². The molecule has 0 aromatic heterocycles. The van der Waals surface area contributed by atoms with Crippen molar-refractivity contribution in [2.45, 2.75) is 52.5 Å². The van der Waals surface area contributed by atoms with Gasteiger partial charge in [0.15, 0.2) is 0 Å². The van der Waals surface area contributed by atoms with E-state index in [0.717, 1.165) is 5.92 Å². The Bertz CT molecular complexity index is 63.1. The van der Waals surface area contributed by atoms with Crippen LogP contribution in [0.5, 0.6) is 0 Å². The van der Waals surface area contributed by atoms with Crippen LogP contribution in [-0.2, 0) is 0 Å². The first-order valence-corrected chi connectivity index (χ1v) is 4.54. The van der Waals surface area contributed by atoms with E-state index in [1.807, 2.05) is 13.8 Å². The van der Waals surface area contributed by atoms with E-state index in [9.17, 15) is 0 Å². The van der Waals surface area contributed by atoms with E-state index >= 15 is 0 Å². The van der Waals surface area contributed by atoms with E-state index in [-0.39, 0.29) is 0 Å². The second kappa shape index (κ2) is 5.72. The van der Waals surface area contributed by atoms with E-state index < -0.39 is 0 Å². The second-order valence-corrected chi connectivity index (χ2v) is 3.03. The summed E-state index contributed by atoms with van der Waals surface area (Å²) >= 11 is 0. The van der Waals surface area contributed by atoms with Crippen LogP contribution in [-0.4, -0.2) is 6.04 Å². The molecule has 2 atom stereocenters. The van der Waals surface area contributed by atoms with Gasteiger partial charge in [0.25, 0.3) is 0 Å². The fourth-order valence-corrected chi connectivity index (χ4v) is 1.48. The lowest BCUT2D eigenvalue weighted by Crippen LogP contribution is -2.26. The third-order valence-electron chi connectivity index (χ3n) is 1.98. The number of hydrogen-bond donors (Lipinski definition) is 1. The van der Waals surface area contributed by atoms with Crippen LogP contribution in [0.15, 0.2) is 0 Å². The molecule has 0 spiro atoms. The van der Waals surface area contributed by atoms with Crippen molar-refractivity contribution in [1.82, 2.24) is 0 Å². The normalized spacial score (nSPS) is 32.4. The van der Waals surface area contributed by atoms with Crippen LogP contribution in [0.4, 0.5) is 0 Å². The van der Waals surface area contributed by atoms with Crippen molar-refractivity contribution in [3.63, 3.8) is 0 Å². The standard InChI is InChI=1S/C7H15N.C2H6/c1-6-3-2-4-7(8)5-6;1-2/h6-7H,2-5,8H2,1H3;1-2H3. The summed E-state index contributed by atoms with van der Waals surface area (Å²) in [7, 11) is 0. The number of nitrogens with two attached hydrogens (primary N) is 1. The molecule has 1 aliphatic rings. The van der Waals surface area contributed by atoms with E-state index in [2.05, 4.69) is 6.92 Å². The van der Waals surface area contributed by atoms with Gasteiger partial charge in [-0.25, -0.2) is 0 Å². The van der Waals surface area contributed by atoms with Gasteiger partial charge >= 0.3 is 0 Å². The summed E-state index contributed by atoms with van der Waals surface area (Å²) in [5, 5.41) is 0. The van der Waals surface area contributed by atoms with Gasteiger partial charge in [-0.3, -0.25) is 0 Å². The lowest BCUT2D eigenvalue weighted by Gasteiger charge is -2.22. The van der Waals surface area contributed by atoms with Gasteiger partial charge in [0.05, 0.1) is 0 Å². The molecular formula is C9H21N. The van der Waals surface area contributed by atoms with Crippen LogP contribution < -0.4 is 5.73 Å². The minimum atomic E-state index is 0.513. The van der Waals surface area contributed by atoms with Crippen molar-refractivity contribution in [2.75, 3.05) is 0 Å². The average Bonchev–Trinajstić information content (AvgIpc) is 1.91.